The molecule has 36 heavy (non-hydrogen) atoms. The monoisotopic (exact) mass is 507 g/mol. The van der Waals surface area contributed by atoms with E-state index in [1.54, 1.807) is 31.4 Å². The van der Waals surface area contributed by atoms with Crippen molar-refractivity contribution < 1.29 is 14.3 Å². The highest BCUT2D eigenvalue weighted by atomic mass is 32.2. The average molecular weight is 508 g/mol. The Labute approximate surface area is 216 Å². The number of carbonyl (C=O) groups is 2. The quantitative estimate of drug-likeness (QED) is 0.393. The van der Waals surface area contributed by atoms with Gasteiger partial charge in [-0.3, -0.25) is 9.59 Å². The zero-order valence-electron chi connectivity index (χ0n) is 21.0. The number of aryl methyl sites for hydroxylation is 1. The van der Waals surface area contributed by atoms with Crippen LogP contribution in [0.2, 0.25) is 0 Å². The van der Waals surface area contributed by atoms with E-state index in [0.29, 0.717) is 22.3 Å². The lowest BCUT2D eigenvalue weighted by Crippen LogP contribution is -2.26. The predicted molar refractivity (Wildman–Crippen MR) is 142 cm³/mol. The van der Waals surface area contributed by atoms with Gasteiger partial charge in [0.25, 0.3) is 5.91 Å². The molecule has 9 heteroatoms. The van der Waals surface area contributed by atoms with E-state index in [-0.39, 0.29) is 30.2 Å². The number of rotatable bonds is 9. The van der Waals surface area contributed by atoms with Crippen LogP contribution in [0.4, 0.5) is 5.69 Å². The summed E-state index contributed by atoms with van der Waals surface area (Å²) in [6.45, 7) is 4.30. The molecule has 0 unspecified atom stereocenters. The molecule has 4 rings (SSSR count). The molecule has 0 atom stereocenters. The van der Waals surface area contributed by atoms with E-state index in [4.69, 9.17) is 4.74 Å². The minimum absolute atomic E-state index is 0.0822. The van der Waals surface area contributed by atoms with Gasteiger partial charge in [-0.25, -0.2) is 0 Å². The SMILES string of the molecule is COc1ccc(C(=O)NCc2nnc(SCC(=O)Nc3cccc(C)c3C)n2C2CCCCC2)cc1. The summed E-state index contributed by atoms with van der Waals surface area (Å²) in [6.07, 6.45) is 5.61. The zero-order valence-corrected chi connectivity index (χ0v) is 21.9. The standard InChI is InChI=1S/C27H33N5O3S/c1-18-8-7-11-23(19(18)2)29-25(33)17-36-27-31-30-24(32(27)21-9-5-4-6-10-21)16-28-26(34)20-12-14-22(35-3)15-13-20/h7-8,11-15,21H,4-6,9-10,16-17H2,1-3H3,(H,28,34)(H,29,33). The highest BCUT2D eigenvalue weighted by molar-refractivity contribution is 7.99. The molecule has 8 nitrogen and oxygen atoms in total. The van der Waals surface area contributed by atoms with Crippen LogP contribution in [0.25, 0.3) is 0 Å². The summed E-state index contributed by atoms with van der Waals surface area (Å²) >= 11 is 1.38. The molecule has 1 aromatic heterocycles. The van der Waals surface area contributed by atoms with Gasteiger partial charge in [0.2, 0.25) is 5.91 Å². The molecular formula is C27H33N5O3S. The van der Waals surface area contributed by atoms with Gasteiger partial charge in [0.1, 0.15) is 5.75 Å². The average Bonchev–Trinajstić information content (AvgIpc) is 3.32. The number of nitrogens with one attached hydrogen (secondary N) is 2. The number of hydrogen-bond donors (Lipinski definition) is 2. The first-order valence-corrected chi connectivity index (χ1v) is 13.3. The van der Waals surface area contributed by atoms with Crippen LogP contribution in [-0.4, -0.2) is 39.4 Å². The molecule has 0 saturated heterocycles. The molecule has 0 bridgehead atoms. The lowest BCUT2D eigenvalue weighted by atomic mass is 9.95. The van der Waals surface area contributed by atoms with E-state index in [0.717, 1.165) is 42.5 Å². The molecule has 190 valence electrons. The maximum absolute atomic E-state index is 12.7. The third-order valence-electron chi connectivity index (χ3n) is 6.65. The van der Waals surface area contributed by atoms with Crippen molar-refractivity contribution in [3.8, 4) is 5.75 Å². The number of hydrogen-bond acceptors (Lipinski definition) is 6. The first-order chi connectivity index (χ1) is 17.5. The Morgan fingerprint density at radius 2 is 1.81 bits per heavy atom. The highest BCUT2D eigenvalue weighted by Crippen LogP contribution is 2.33. The zero-order chi connectivity index (χ0) is 25.5. The largest absolute Gasteiger partial charge is 0.497 e. The minimum atomic E-state index is -0.182. The van der Waals surface area contributed by atoms with Crippen molar-refractivity contribution >= 4 is 29.3 Å². The van der Waals surface area contributed by atoms with E-state index in [1.165, 1.54) is 18.2 Å². The minimum Gasteiger partial charge on any atom is -0.497 e. The molecule has 2 aromatic carbocycles. The fourth-order valence-corrected chi connectivity index (χ4v) is 5.26. The van der Waals surface area contributed by atoms with E-state index in [1.807, 2.05) is 32.0 Å². The molecule has 2 amide bonds. The molecule has 1 heterocycles. The van der Waals surface area contributed by atoms with Gasteiger partial charge in [-0.1, -0.05) is 43.2 Å². The Morgan fingerprint density at radius 3 is 2.53 bits per heavy atom. The van der Waals surface area contributed by atoms with Gasteiger partial charge in [-0.2, -0.15) is 0 Å². The summed E-state index contributed by atoms with van der Waals surface area (Å²) in [7, 11) is 1.59. The molecule has 3 aromatic rings. The Kier molecular flexibility index (Phi) is 8.64. The predicted octanol–water partition coefficient (Wildman–Crippen LogP) is 5.07. The topological polar surface area (TPSA) is 98.1 Å². The van der Waals surface area contributed by atoms with Crippen LogP contribution in [0.3, 0.4) is 0 Å². The summed E-state index contributed by atoms with van der Waals surface area (Å²) < 4.78 is 7.29. The van der Waals surface area contributed by atoms with Crippen molar-refractivity contribution in [1.29, 1.82) is 0 Å². The summed E-state index contributed by atoms with van der Waals surface area (Å²) in [5.41, 5.74) is 3.59. The molecule has 1 aliphatic carbocycles. The van der Waals surface area contributed by atoms with Crippen molar-refractivity contribution in [3.05, 3.63) is 65.0 Å². The molecule has 1 fully saturated rings. The number of anilines is 1. The van der Waals surface area contributed by atoms with Crippen LogP contribution in [0, 0.1) is 13.8 Å². The number of methoxy groups -OCH3 is 1. The van der Waals surface area contributed by atoms with Gasteiger partial charge in [0, 0.05) is 17.3 Å². The van der Waals surface area contributed by atoms with Crippen LogP contribution in [0.15, 0.2) is 47.6 Å². The van der Waals surface area contributed by atoms with Crippen molar-refractivity contribution in [2.24, 2.45) is 0 Å². The summed E-state index contributed by atoms with van der Waals surface area (Å²) in [6, 6.07) is 13.1. The third-order valence-corrected chi connectivity index (χ3v) is 7.59. The second-order valence-corrected chi connectivity index (χ2v) is 10.00. The van der Waals surface area contributed by atoms with Crippen LogP contribution >= 0.6 is 11.8 Å². The number of thioether (sulfide) groups is 1. The number of ether oxygens (including phenoxy) is 1. The van der Waals surface area contributed by atoms with Crippen LogP contribution in [-0.2, 0) is 11.3 Å². The second kappa shape index (κ2) is 12.1. The summed E-state index contributed by atoms with van der Waals surface area (Å²) in [5.74, 6) is 1.38. The molecular weight excluding hydrogens is 474 g/mol. The van der Waals surface area contributed by atoms with Crippen molar-refractivity contribution in [3.63, 3.8) is 0 Å². The van der Waals surface area contributed by atoms with Crippen LogP contribution in [0.1, 0.15) is 65.5 Å². The molecule has 0 aliphatic heterocycles. The van der Waals surface area contributed by atoms with Crippen LogP contribution in [0.5, 0.6) is 5.75 Å². The van der Waals surface area contributed by atoms with Gasteiger partial charge >= 0.3 is 0 Å². The molecule has 0 radical (unpaired) electrons. The summed E-state index contributed by atoms with van der Waals surface area (Å²) in [5, 5.41) is 15.5. The van der Waals surface area contributed by atoms with Crippen LogP contribution < -0.4 is 15.4 Å². The number of nitrogens with zero attached hydrogens (tertiary/aromatic N) is 3. The maximum Gasteiger partial charge on any atom is 0.251 e. The van der Waals surface area contributed by atoms with Gasteiger partial charge < -0.3 is 19.9 Å². The number of carbonyl (C=O) groups excluding carboxylic acids is 2. The van der Waals surface area contributed by atoms with E-state index >= 15 is 0 Å². The van der Waals surface area contributed by atoms with Crippen molar-refractivity contribution in [2.45, 2.75) is 63.7 Å². The van der Waals surface area contributed by atoms with E-state index in [2.05, 4.69) is 25.4 Å². The molecule has 1 aliphatic rings. The summed E-state index contributed by atoms with van der Waals surface area (Å²) in [4.78, 5) is 25.4. The fraction of sp³-hybridized carbons (Fsp3) is 0.407. The first-order valence-electron chi connectivity index (χ1n) is 12.3. The number of amides is 2. The van der Waals surface area contributed by atoms with Gasteiger partial charge in [0.15, 0.2) is 11.0 Å². The smallest absolute Gasteiger partial charge is 0.251 e. The molecule has 0 spiro atoms. The van der Waals surface area contributed by atoms with Gasteiger partial charge in [0.05, 0.1) is 19.4 Å². The normalized spacial score (nSPS) is 13.9. The number of benzene rings is 2. The lowest BCUT2D eigenvalue weighted by molar-refractivity contribution is -0.113. The van der Waals surface area contributed by atoms with E-state index in [9.17, 15) is 9.59 Å². The number of aromatic nitrogens is 3. The van der Waals surface area contributed by atoms with Gasteiger partial charge in [-0.15, -0.1) is 10.2 Å². The fourth-order valence-electron chi connectivity index (χ4n) is 4.44. The highest BCUT2D eigenvalue weighted by Gasteiger charge is 2.24. The maximum atomic E-state index is 12.7. The second-order valence-electron chi connectivity index (χ2n) is 9.06. The Bertz CT molecular complexity index is 1200. The Balaban J connectivity index is 1.44. The first kappa shape index (κ1) is 25.8. The molecule has 1 saturated carbocycles. The van der Waals surface area contributed by atoms with Gasteiger partial charge in [-0.05, 0) is 68.1 Å². The Hall–Kier alpha value is -3.33. The molecule has 2 N–H and O–H groups in total. The van der Waals surface area contributed by atoms with Crippen molar-refractivity contribution in [1.82, 2.24) is 20.1 Å². The Morgan fingerprint density at radius 1 is 1.06 bits per heavy atom. The lowest BCUT2D eigenvalue weighted by Gasteiger charge is -2.25. The van der Waals surface area contributed by atoms with E-state index < -0.39 is 0 Å². The van der Waals surface area contributed by atoms with Crippen molar-refractivity contribution in [2.75, 3.05) is 18.2 Å². The third kappa shape index (κ3) is 6.26.